The van der Waals surface area contributed by atoms with Crippen LogP contribution in [-0.2, 0) is 38.1 Å². The van der Waals surface area contributed by atoms with Gasteiger partial charge in [0, 0.05) is 20.8 Å². The summed E-state index contributed by atoms with van der Waals surface area (Å²) >= 11 is 12.0. The first-order valence-corrected chi connectivity index (χ1v) is 10.6. The van der Waals surface area contributed by atoms with Gasteiger partial charge in [0.2, 0.25) is 5.28 Å². The van der Waals surface area contributed by atoms with E-state index in [1.807, 2.05) is 0 Å². The number of carbonyl (C=O) groups excluding carboxylic acids is 3. The van der Waals surface area contributed by atoms with Crippen LogP contribution in [0.1, 0.15) is 33.4 Å². The Kier molecular flexibility index (Phi) is 7.89. The van der Waals surface area contributed by atoms with Gasteiger partial charge in [0.1, 0.15) is 24.3 Å². The number of nitrogens with zero attached hydrogens (tertiary/aromatic N) is 4. The monoisotopic (exact) mass is 518 g/mol. The minimum atomic E-state index is -1.28. The number of carbonyl (C=O) groups is 4. The highest BCUT2D eigenvalue weighted by atomic mass is 35.5. The average Bonchev–Trinajstić information content (AvgIpc) is 3.12. The second kappa shape index (κ2) is 10.5. The lowest BCUT2D eigenvalue weighted by Gasteiger charge is -2.45. The van der Waals surface area contributed by atoms with Gasteiger partial charge >= 0.3 is 23.9 Å². The van der Waals surface area contributed by atoms with E-state index in [0.717, 1.165) is 13.8 Å². The standard InChI is InChI=1S/C19H20Cl2N4O9/c1-7(26)31-5-11-14(32-8(2)27)10(4-12(29)30)15(33-9(3)28)18(34-11)25-6-22-13-16(20)23-19(21)24-17(13)25/h6,10-11,14-15,18H,4-5H2,1-3H3,(H,29,30)/t10-,11-,14-,15+,18-/m0/s1. The van der Waals surface area contributed by atoms with E-state index in [9.17, 15) is 24.3 Å². The van der Waals surface area contributed by atoms with Crippen LogP contribution in [0.4, 0.5) is 0 Å². The zero-order valence-corrected chi connectivity index (χ0v) is 19.6. The molecule has 0 radical (unpaired) electrons. The quantitative estimate of drug-likeness (QED) is 0.243. The maximum absolute atomic E-state index is 12.0. The summed E-state index contributed by atoms with van der Waals surface area (Å²) in [5.74, 6) is -4.48. The first-order valence-electron chi connectivity index (χ1n) is 9.88. The van der Waals surface area contributed by atoms with Gasteiger partial charge in [0.05, 0.1) is 18.7 Å². The summed E-state index contributed by atoms with van der Waals surface area (Å²) in [6.07, 6.45) is -4.17. The minimum absolute atomic E-state index is 0.0510. The largest absolute Gasteiger partial charge is 0.481 e. The fourth-order valence-corrected chi connectivity index (χ4v) is 4.16. The number of aromatic nitrogens is 4. The fourth-order valence-electron chi connectivity index (χ4n) is 3.74. The molecule has 0 spiro atoms. The maximum atomic E-state index is 12.0. The molecule has 0 aliphatic carbocycles. The predicted molar refractivity (Wildman–Crippen MR) is 113 cm³/mol. The molecule has 0 aromatic carbocycles. The Morgan fingerprint density at radius 1 is 1.06 bits per heavy atom. The predicted octanol–water partition coefficient (Wildman–Crippen LogP) is 1.55. The van der Waals surface area contributed by atoms with Gasteiger partial charge in [-0.15, -0.1) is 0 Å². The lowest BCUT2D eigenvalue weighted by molar-refractivity contribution is -0.250. The molecule has 184 valence electrons. The van der Waals surface area contributed by atoms with Gasteiger partial charge in [0.15, 0.2) is 23.1 Å². The fraction of sp³-hybridized carbons (Fsp3) is 0.526. The van der Waals surface area contributed by atoms with Gasteiger partial charge in [-0.2, -0.15) is 4.98 Å². The van der Waals surface area contributed by atoms with E-state index in [1.54, 1.807) is 0 Å². The highest BCUT2D eigenvalue weighted by Crippen LogP contribution is 2.40. The van der Waals surface area contributed by atoms with E-state index in [-0.39, 0.29) is 28.2 Å². The summed E-state index contributed by atoms with van der Waals surface area (Å²) < 4.78 is 23.2. The second-order valence-corrected chi connectivity index (χ2v) is 8.08. The molecule has 1 saturated heterocycles. The van der Waals surface area contributed by atoms with Crippen molar-refractivity contribution < 1.29 is 43.2 Å². The number of aliphatic carboxylic acids is 1. The Labute approximate surface area is 202 Å². The number of hydrogen-bond acceptors (Lipinski definition) is 11. The SMILES string of the molecule is CC(=O)OC[C@@H]1O[C@H](n2cnc3c(Cl)nc(Cl)nc32)[C@H](OC(C)=O)[C@@H](CC(=O)O)[C@@H]1OC(C)=O. The molecule has 1 aliphatic rings. The van der Waals surface area contributed by atoms with E-state index in [2.05, 4.69) is 15.0 Å². The zero-order valence-electron chi connectivity index (χ0n) is 18.1. The number of imidazole rings is 1. The molecule has 0 bridgehead atoms. The lowest BCUT2D eigenvalue weighted by atomic mass is 9.85. The van der Waals surface area contributed by atoms with E-state index in [1.165, 1.54) is 17.8 Å². The van der Waals surface area contributed by atoms with Crippen molar-refractivity contribution in [3.63, 3.8) is 0 Å². The van der Waals surface area contributed by atoms with Crippen molar-refractivity contribution in [2.75, 3.05) is 6.61 Å². The van der Waals surface area contributed by atoms with Crippen molar-refractivity contribution in [2.45, 2.75) is 51.7 Å². The van der Waals surface area contributed by atoms with Crippen LogP contribution in [0.5, 0.6) is 0 Å². The molecule has 0 unspecified atom stereocenters. The molecule has 0 saturated carbocycles. The van der Waals surface area contributed by atoms with Crippen LogP contribution in [0.3, 0.4) is 0 Å². The van der Waals surface area contributed by atoms with Gasteiger partial charge in [-0.25, -0.2) is 9.97 Å². The number of ether oxygens (including phenoxy) is 4. The van der Waals surface area contributed by atoms with Gasteiger partial charge in [0.25, 0.3) is 0 Å². The Morgan fingerprint density at radius 3 is 2.29 bits per heavy atom. The average molecular weight is 519 g/mol. The molecule has 0 amide bonds. The first kappa shape index (κ1) is 25.6. The molecular weight excluding hydrogens is 499 g/mol. The van der Waals surface area contributed by atoms with Crippen LogP contribution in [0.2, 0.25) is 10.4 Å². The molecule has 34 heavy (non-hydrogen) atoms. The van der Waals surface area contributed by atoms with Gasteiger partial charge in [-0.05, 0) is 11.6 Å². The third-order valence-corrected chi connectivity index (χ3v) is 5.33. The van der Waals surface area contributed by atoms with E-state index >= 15 is 0 Å². The minimum Gasteiger partial charge on any atom is -0.481 e. The summed E-state index contributed by atoms with van der Waals surface area (Å²) in [4.78, 5) is 59.0. The second-order valence-electron chi connectivity index (χ2n) is 7.38. The van der Waals surface area contributed by atoms with Gasteiger partial charge in [-0.3, -0.25) is 23.7 Å². The first-order chi connectivity index (χ1) is 16.0. The highest BCUT2D eigenvalue weighted by molar-refractivity contribution is 6.35. The topological polar surface area (TPSA) is 169 Å². The molecule has 3 rings (SSSR count). The smallest absolute Gasteiger partial charge is 0.303 e. The van der Waals surface area contributed by atoms with Crippen molar-refractivity contribution in [3.8, 4) is 0 Å². The van der Waals surface area contributed by atoms with Gasteiger partial charge < -0.3 is 24.1 Å². The Morgan fingerprint density at radius 2 is 1.71 bits per heavy atom. The van der Waals surface area contributed by atoms with Crippen molar-refractivity contribution >= 4 is 58.2 Å². The summed E-state index contributed by atoms with van der Waals surface area (Å²) in [5, 5.41) is 9.30. The molecule has 3 heterocycles. The number of halogens is 2. The molecule has 1 N–H and O–H groups in total. The van der Waals surface area contributed by atoms with Crippen LogP contribution in [0.15, 0.2) is 6.33 Å². The van der Waals surface area contributed by atoms with Crippen LogP contribution < -0.4 is 0 Å². The number of carboxylic acid groups (broad SMARTS) is 1. The van der Waals surface area contributed by atoms with Crippen LogP contribution >= 0.6 is 23.2 Å². The van der Waals surface area contributed by atoms with Crippen LogP contribution in [0.25, 0.3) is 11.2 Å². The molecule has 13 nitrogen and oxygen atoms in total. The van der Waals surface area contributed by atoms with Crippen molar-refractivity contribution in [1.82, 2.24) is 19.5 Å². The molecular formula is C19H20Cl2N4O9. The van der Waals surface area contributed by atoms with Crippen molar-refractivity contribution in [3.05, 3.63) is 16.8 Å². The third kappa shape index (κ3) is 5.72. The van der Waals surface area contributed by atoms with Crippen LogP contribution in [0, 0.1) is 5.92 Å². The summed E-state index contributed by atoms with van der Waals surface area (Å²) in [6.45, 7) is 3.04. The Bertz CT molecular complexity index is 1120. The Hall–Kier alpha value is -3.03. The number of carboxylic acids is 1. The molecule has 5 atom stereocenters. The molecule has 2 aromatic rings. The Balaban J connectivity index is 2.16. The lowest BCUT2D eigenvalue weighted by Crippen LogP contribution is -2.56. The normalized spacial score (nSPS) is 24.4. The van der Waals surface area contributed by atoms with Crippen LogP contribution in [-0.4, -0.2) is 73.4 Å². The van der Waals surface area contributed by atoms with E-state index in [4.69, 9.17) is 42.1 Å². The zero-order chi connectivity index (χ0) is 25.2. The summed E-state index contributed by atoms with van der Waals surface area (Å²) in [5.41, 5.74) is 0.267. The van der Waals surface area contributed by atoms with Crippen molar-refractivity contribution in [2.24, 2.45) is 5.92 Å². The van der Waals surface area contributed by atoms with Crippen molar-refractivity contribution in [1.29, 1.82) is 0 Å². The number of hydrogen-bond donors (Lipinski definition) is 1. The van der Waals surface area contributed by atoms with Gasteiger partial charge in [-0.1, -0.05) is 11.6 Å². The molecule has 1 fully saturated rings. The number of rotatable bonds is 7. The molecule has 15 heteroatoms. The highest BCUT2D eigenvalue weighted by Gasteiger charge is 2.51. The number of fused-ring (bicyclic) bond motifs is 1. The maximum Gasteiger partial charge on any atom is 0.303 e. The van der Waals surface area contributed by atoms with E-state index in [0.29, 0.717) is 0 Å². The summed E-state index contributed by atoms with van der Waals surface area (Å²) in [6, 6.07) is 0. The number of esters is 3. The van der Waals surface area contributed by atoms with E-state index < -0.39 is 60.8 Å². The summed E-state index contributed by atoms with van der Waals surface area (Å²) in [7, 11) is 0. The molecule has 1 aliphatic heterocycles. The molecule has 2 aromatic heterocycles. The third-order valence-electron chi connectivity index (χ3n) is 4.90.